The summed E-state index contributed by atoms with van der Waals surface area (Å²) >= 11 is 5.64. The van der Waals surface area contributed by atoms with Crippen molar-refractivity contribution in [3.05, 3.63) is 64.4 Å². The van der Waals surface area contributed by atoms with Gasteiger partial charge in [0.05, 0.1) is 16.1 Å². The molecule has 0 radical (unpaired) electrons. The fourth-order valence-corrected chi connectivity index (χ4v) is 3.09. The minimum Gasteiger partial charge on any atom is -0.324 e. The molecule has 0 spiro atoms. The van der Waals surface area contributed by atoms with Crippen LogP contribution in [0, 0.1) is 11.7 Å². The molecule has 26 heavy (non-hydrogen) atoms. The van der Waals surface area contributed by atoms with E-state index in [1.165, 1.54) is 12.1 Å². The lowest BCUT2D eigenvalue weighted by molar-refractivity contribution is -0.121. The van der Waals surface area contributed by atoms with Crippen molar-refractivity contribution in [1.29, 1.82) is 0 Å². The normalized spacial score (nSPS) is 14.6. The maximum absolute atomic E-state index is 13.6. The van der Waals surface area contributed by atoms with Crippen LogP contribution in [-0.2, 0) is 4.79 Å². The summed E-state index contributed by atoms with van der Waals surface area (Å²) < 4.78 is 13.6. The van der Waals surface area contributed by atoms with Crippen molar-refractivity contribution in [2.75, 3.05) is 5.32 Å². The zero-order valence-corrected chi connectivity index (χ0v) is 14.9. The molecule has 0 bridgehead atoms. The average Bonchev–Trinajstić information content (AvgIpc) is 2.84. The highest BCUT2D eigenvalue weighted by Crippen LogP contribution is 2.28. The van der Waals surface area contributed by atoms with Gasteiger partial charge in [-0.1, -0.05) is 37.6 Å². The summed E-state index contributed by atoms with van der Waals surface area (Å²) in [6.45, 7) is 3.46. The van der Waals surface area contributed by atoms with Gasteiger partial charge in [-0.15, -0.1) is 0 Å². The van der Waals surface area contributed by atoms with E-state index in [0.29, 0.717) is 0 Å². The van der Waals surface area contributed by atoms with Crippen molar-refractivity contribution >= 4 is 35.0 Å². The van der Waals surface area contributed by atoms with Gasteiger partial charge in [-0.3, -0.25) is 19.3 Å². The van der Waals surface area contributed by atoms with E-state index in [0.717, 1.165) is 11.0 Å². The molecule has 0 saturated carbocycles. The molecule has 7 heteroatoms. The van der Waals surface area contributed by atoms with E-state index in [4.69, 9.17) is 11.6 Å². The Morgan fingerprint density at radius 2 is 1.65 bits per heavy atom. The smallest absolute Gasteiger partial charge is 0.262 e. The molecule has 0 aromatic heterocycles. The maximum atomic E-state index is 13.6. The number of carbonyl (C=O) groups is 3. The van der Waals surface area contributed by atoms with Gasteiger partial charge in [0.15, 0.2) is 0 Å². The predicted molar refractivity (Wildman–Crippen MR) is 95.6 cm³/mol. The fourth-order valence-electron chi connectivity index (χ4n) is 2.97. The molecule has 1 N–H and O–H groups in total. The highest BCUT2D eigenvalue weighted by Gasteiger charge is 2.43. The van der Waals surface area contributed by atoms with E-state index in [-0.39, 0.29) is 27.8 Å². The number of anilines is 1. The minimum absolute atomic E-state index is 0.0660. The Morgan fingerprint density at radius 1 is 1.08 bits per heavy atom. The zero-order chi connectivity index (χ0) is 19.0. The van der Waals surface area contributed by atoms with Gasteiger partial charge in [0, 0.05) is 5.69 Å². The van der Waals surface area contributed by atoms with Gasteiger partial charge in [-0.2, -0.15) is 0 Å². The van der Waals surface area contributed by atoms with E-state index in [1.54, 1.807) is 38.1 Å². The van der Waals surface area contributed by atoms with Crippen LogP contribution in [-0.4, -0.2) is 28.7 Å². The third kappa shape index (κ3) is 3.08. The van der Waals surface area contributed by atoms with E-state index < -0.39 is 29.6 Å². The topological polar surface area (TPSA) is 66.5 Å². The first-order valence-corrected chi connectivity index (χ1v) is 8.42. The first-order valence-electron chi connectivity index (χ1n) is 8.04. The third-order valence-electron chi connectivity index (χ3n) is 4.19. The van der Waals surface area contributed by atoms with Crippen molar-refractivity contribution in [2.24, 2.45) is 5.92 Å². The fraction of sp³-hybridized carbons (Fsp3) is 0.211. The van der Waals surface area contributed by atoms with Crippen molar-refractivity contribution in [3.63, 3.8) is 0 Å². The number of amides is 3. The molecule has 3 amide bonds. The number of benzene rings is 2. The molecule has 1 unspecified atom stereocenters. The SMILES string of the molecule is CC(C)C(C(=O)Nc1ccc(Cl)c(F)c1)N1C(=O)c2ccccc2C1=O. The molecular weight excluding hydrogens is 359 g/mol. The second-order valence-electron chi connectivity index (χ2n) is 6.33. The standard InChI is InChI=1S/C19H16ClFN2O3/c1-10(2)16(17(24)22-11-7-8-14(20)15(21)9-11)23-18(25)12-5-3-4-6-13(12)19(23)26/h3-10,16H,1-2H3,(H,22,24). The molecule has 2 aromatic rings. The van der Waals surface area contributed by atoms with E-state index >= 15 is 0 Å². The molecule has 1 atom stereocenters. The van der Waals surface area contributed by atoms with Crippen LogP contribution in [0.4, 0.5) is 10.1 Å². The first-order chi connectivity index (χ1) is 12.3. The molecule has 1 aliphatic heterocycles. The van der Waals surface area contributed by atoms with Gasteiger partial charge in [0.2, 0.25) is 5.91 Å². The van der Waals surface area contributed by atoms with Crippen molar-refractivity contribution in [2.45, 2.75) is 19.9 Å². The number of nitrogens with zero attached hydrogens (tertiary/aromatic N) is 1. The zero-order valence-electron chi connectivity index (χ0n) is 14.1. The summed E-state index contributed by atoms with van der Waals surface area (Å²) in [4.78, 5) is 39.0. The van der Waals surface area contributed by atoms with Gasteiger partial charge in [0.25, 0.3) is 11.8 Å². The van der Waals surface area contributed by atoms with E-state index in [2.05, 4.69) is 5.32 Å². The van der Waals surface area contributed by atoms with Crippen LogP contribution in [0.2, 0.25) is 5.02 Å². The van der Waals surface area contributed by atoms with Crippen molar-refractivity contribution in [1.82, 2.24) is 4.90 Å². The van der Waals surface area contributed by atoms with Gasteiger partial charge >= 0.3 is 0 Å². The quantitative estimate of drug-likeness (QED) is 0.829. The molecular formula is C19H16ClFN2O3. The van der Waals surface area contributed by atoms with Gasteiger partial charge in [-0.05, 0) is 36.2 Å². The number of hydrogen-bond acceptors (Lipinski definition) is 3. The highest BCUT2D eigenvalue weighted by molar-refractivity contribution is 6.30. The van der Waals surface area contributed by atoms with Crippen molar-refractivity contribution < 1.29 is 18.8 Å². The van der Waals surface area contributed by atoms with Gasteiger partial charge < -0.3 is 5.32 Å². The van der Waals surface area contributed by atoms with Crippen LogP contribution >= 0.6 is 11.6 Å². The summed E-state index contributed by atoms with van der Waals surface area (Å²) in [5.41, 5.74) is 0.737. The molecule has 2 aromatic carbocycles. The molecule has 1 aliphatic rings. The predicted octanol–water partition coefficient (Wildman–Crippen LogP) is 3.74. The lowest BCUT2D eigenvalue weighted by Gasteiger charge is -2.28. The molecule has 134 valence electrons. The number of hydrogen-bond donors (Lipinski definition) is 1. The number of imide groups is 1. The van der Waals surface area contributed by atoms with E-state index in [1.807, 2.05) is 0 Å². The summed E-state index contributed by atoms with van der Waals surface area (Å²) in [6, 6.07) is 9.25. The molecule has 0 aliphatic carbocycles. The third-order valence-corrected chi connectivity index (χ3v) is 4.50. The van der Waals surface area contributed by atoms with Crippen molar-refractivity contribution in [3.8, 4) is 0 Å². The Bertz CT molecular complexity index is 878. The summed E-state index contributed by atoms with van der Waals surface area (Å²) in [5.74, 6) is -2.61. The molecule has 1 heterocycles. The minimum atomic E-state index is -1.03. The second-order valence-corrected chi connectivity index (χ2v) is 6.74. The molecule has 0 saturated heterocycles. The van der Waals surface area contributed by atoms with Crippen LogP contribution < -0.4 is 5.32 Å². The average molecular weight is 375 g/mol. The Balaban J connectivity index is 1.90. The lowest BCUT2D eigenvalue weighted by atomic mass is 10.0. The molecule has 5 nitrogen and oxygen atoms in total. The monoisotopic (exact) mass is 374 g/mol. The second kappa shape index (κ2) is 6.88. The Kier molecular flexibility index (Phi) is 4.78. The Morgan fingerprint density at radius 3 is 2.15 bits per heavy atom. The lowest BCUT2D eigenvalue weighted by Crippen LogP contribution is -2.50. The highest BCUT2D eigenvalue weighted by atomic mass is 35.5. The molecule has 0 fully saturated rings. The van der Waals surface area contributed by atoms with E-state index in [9.17, 15) is 18.8 Å². The Labute approximate surface area is 154 Å². The van der Waals surface area contributed by atoms with Gasteiger partial charge in [-0.25, -0.2) is 4.39 Å². The maximum Gasteiger partial charge on any atom is 0.262 e. The van der Waals surface area contributed by atoms with Crippen LogP contribution in [0.15, 0.2) is 42.5 Å². The van der Waals surface area contributed by atoms with Crippen LogP contribution in [0.3, 0.4) is 0 Å². The number of nitrogens with one attached hydrogen (secondary N) is 1. The Hall–Kier alpha value is -2.73. The van der Waals surface area contributed by atoms with Crippen LogP contribution in [0.1, 0.15) is 34.6 Å². The summed E-state index contributed by atoms with van der Waals surface area (Å²) in [6.07, 6.45) is 0. The van der Waals surface area contributed by atoms with Gasteiger partial charge in [0.1, 0.15) is 11.9 Å². The first kappa shape index (κ1) is 18.1. The number of halogens is 2. The summed E-state index contributed by atoms with van der Waals surface area (Å²) in [5, 5.41) is 2.49. The molecule has 3 rings (SSSR count). The number of rotatable bonds is 4. The largest absolute Gasteiger partial charge is 0.324 e. The van der Waals surface area contributed by atoms with Crippen LogP contribution in [0.5, 0.6) is 0 Å². The number of fused-ring (bicyclic) bond motifs is 1. The van der Waals surface area contributed by atoms with Crippen LogP contribution in [0.25, 0.3) is 0 Å². The number of carbonyl (C=O) groups excluding carboxylic acids is 3. The summed E-state index contributed by atoms with van der Waals surface area (Å²) in [7, 11) is 0.